The monoisotopic (exact) mass is 448 g/mol. The molecular formula is C25H44N4O3. The molecule has 0 aromatic rings. The average molecular weight is 449 g/mol. The number of amides is 2. The van der Waals surface area contributed by atoms with Crippen LogP contribution in [0.15, 0.2) is 0 Å². The van der Waals surface area contributed by atoms with E-state index in [-0.39, 0.29) is 41.9 Å². The molecule has 2 atom stereocenters. The largest absolute Gasteiger partial charge is 0.383 e. The minimum absolute atomic E-state index is 0.0475. The van der Waals surface area contributed by atoms with Crippen molar-refractivity contribution in [3.05, 3.63) is 0 Å². The summed E-state index contributed by atoms with van der Waals surface area (Å²) < 4.78 is 5.42. The van der Waals surface area contributed by atoms with Crippen LogP contribution in [0.25, 0.3) is 0 Å². The summed E-state index contributed by atoms with van der Waals surface area (Å²) >= 11 is 0. The summed E-state index contributed by atoms with van der Waals surface area (Å²) in [4.78, 5) is 30.9. The van der Waals surface area contributed by atoms with Gasteiger partial charge in [0.25, 0.3) is 0 Å². The lowest BCUT2D eigenvalue weighted by Gasteiger charge is -2.33. The van der Waals surface area contributed by atoms with Crippen LogP contribution < -0.4 is 11.1 Å². The fourth-order valence-electron chi connectivity index (χ4n) is 6.03. The first-order chi connectivity index (χ1) is 15.5. The second-order valence-corrected chi connectivity index (χ2v) is 10.8. The Morgan fingerprint density at radius 2 is 1.75 bits per heavy atom. The van der Waals surface area contributed by atoms with Crippen LogP contribution in [0, 0.1) is 11.8 Å². The third-order valence-corrected chi connectivity index (χ3v) is 8.23. The molecule has 4 fully saturated rings. The molecule has 0 aromatic heterocycles. The van der Waals surface area contributed by atoms with Crippen molar-refractivity contribution in [2.75, 3.05) is 33.4 Å². The van der Waals surface area contributed by atoms with E-state index in [1.807, 2.05) is 4.90 Å². The topological polar surface area (TPSA) is 87.9 Å². The molecule has 32 heavy (non-hydrogen) atoms. The number of ether oxygens (including phenoxy) is 1. The number of carbonyl (C=O) groups excluding carboxylic acids is 2. The highest BCUT2D eigenvalue weighted by atomic mass is 16.5. The van der Waals surface area contributed by atoms with Gasteiger partial charge in [-0.1, -0.05) is 19.3 Å². The van der Waals surface area contributed by atoms with Crippen LogP contribution in [0.5, 0.6) is 0 Å². The Balaban J connectivity index is 1.42. The summed E-state index contributed by atoms with van der Waals surface area (Å²) in [6, 6.07) is 0.373. The number of nitrogens with zero attached hydrogens (tertiary/aromatic N) is 2. The van der Waals surface area contributed by atoms with Crippen molar-refractivity contribution in [2.45, 2.75) is 101 Å². The summed E-state index contributed by atoms with van der Waals surface area (Å²) in [5.74, 6) is 1.11. The summed E-state index contributed by atoms with van der Waals surface area (Å²) in [6.45, 7) is 3.31. The van der Waals surface area contributed by atoms with Crippen molar-refractivity contribution in [3.63, 3.8) is 0 Å². The zero-order valence-corrected chi connectivity index (χ0v) is 20.0. The summed E-state index contributed by atoms with van der Waals surface area (Å²) in [6.07, 6.45) is 13.1. The van der Waals surface area contributed by atoms with Gasteiger partial charge in [-0.05, 0) is 63.7 Å². The summed E-state index contributed by atoms with van der Waals surface area (Å²) in [5, 5.41) is 3.28. The van der Waals surface area contributed by atoms with E-state index in [9.17, 15) is 9.59 Å². The highest BCUT2D eigenvalue weighted by molar-refractivity contribution is 5.90. The first-order valence-electron chi connectivity index (χ1n) is 13.1. The maximum Gasteiger partial charge on any atom is 0.243 e. The molecule has 3 N–H and O–H groups in total. The fraction of sp³-hybridized carbons (Fsp3) is 0.920. The zero-order chi connectivity index (χ0) is 22.5. The van der Waals surface area contributed by atoms with E-state index in [2.05, 4.69) is 10.2 Å². The van der Waals surface area contributed by atoms with E-state index in [1.54, 1.807) is 7.11 Å². The summed E-state index contributed by atoms with van der Waals surface area (Å²) in [5.41, 5.74) is 6.04. The van der Waals surface area contributed by atoms with Crippen LogP contribution in [0.4, 0.5) is 0 Å². The number of rotatable bonds is 9. The first kappa shape index (κ1) is 24.0. The molecule has 1 heterocycles. The van der Waals surface area contributed by atoms with E-state index >= 15 is 0 Å². The number of methoxy groups -OCH3 is 1. The zero-order valence-electron chi connectivity index (χ0n) is 20.0. The van der Waals surface area contributed by atoms with E-state index in [0.29, 0.717) is 13.2 Å². The molecule has 1 aliphatic heterocycles. The molecule has 7 nitrogen and oxygen atoms in total. The van der Waals surface area contributed by atoms with E-state index in [1.165, 1.54) is 32.1 Å². The van der Waals surface area contributed by atoms with E-state index in [4.69, 9.17) is 10.5 Å². The second kappa shape index (κ2) is 11.3. The maximum absolute atomic E-state index is 13.3. The molecule has 4 aliphatic rings. The Morgan fingerprint density at radius 1 is 1.03 bits per heavy atom. The molecule has 1 saturated heterocycles. The number of nitrogens with one attached hydrogen (secondary N) is 1. The third-order valence-electron chi connectivity index (χ3n) is 8.23. The predicted molar refractivity (Wildman–Crippen MR) is 125 cm³/mol. The van der Waals surface area contributed by atoms with Crippen molar-refractivity contribution in [3.8, 4) is 0 Å². The van der Waals surface area contributed by atoms with Crippen LogP contribution in [-0.4, -0.2) is 79.1 Å². The third kappa shape index (κ3) is 6.23. The highest BCUT2D eigenvalue weighted by Gasteiger charge is 2.46. The van der Waals surface area contributed by atoms with Gasteiger partial charge in [-0.25, -0.2) is 0 Å². The van der Waals surface area contributed by atoms with Gasteiger partial charge in [-0.2, -0.15) is 0 Å². The smallest absolute Gasteiger partial charge is 0.243 e. The van der Waals surface area contributed by atoms with Crippen LogP contribution >= 0.6 is 0 Å². The SMILES string of the molecule is COCCN(CC1CCCCC1)C1CC(C(=O)NC2CCC(N)CC2)N(C(=O)C2CC2)C1. The van der Waals surface area contributed by atoms with Crippen molar-refractivity contribution in [1.29, 1.82) is 0 Å². The Bertz CT molecular complexity index is 627. The predicted octanol–water partition coefficient (Wildman–Crippen LogP) is 2.28. The number of carbonyl (C=O) groups is 2. The van der Waals surface area contributed by atoms with Crippen molar-refractivity contribution >= 4 is 11.8 Å². The minimum atomic E-state index is -0.333. The number of hydrogen-bond donors (Lipinski definition) is 2. The summed E-state index contributed by atoms with van der Waals surface area (Å²) in [7, 11) is 1.75. The lowest BCUT2D eigenvalue weighted by molar-refractivity contribution is -0.139. The molecule has 0 spiro atoms. The van der Waals surface area contributed by atoms with Gasteiger partial charge in [0, 0.05) is 50.8 Å². The van der Waals surface area contributed by atoms with Gasteiger partial charge < -0.3 is 20.7 Å². The van der Waals surface area contributed by atoms with Crippen molar-refractivity contribution < 1.29 is 14.3 Å². The highest BCUT2D eigenvalue weighted by Crippen LogP contribution is 2.35. The van der Waals surface area contributed by atoms with Gasteiger partial charge in [0.1, 0.15) is 6.04 Å². The molecule has 7 heteroatoms. The van der Waals surface area contributed by atoms with Crippen LogP contribution in [0.3, 0.4) is 0 Å². The Hall–Kier alpha value is -1.18. The van der Waals surface area contributed by atoms with E-state index in [0.717, 1.165) is 64.0 Å². The Labute approximate surface area is 193 Å². The Kier molecular flexibility index (Phi) is 8.46. The van der Waals surface area contributed by atoms with Gasteiger partial charge in [0.15, 0.2) is 0 Å². The van der Waals surface area contributed by atoms with Crippen molar-refractivity contribution in [2.24, 2.45) is 17.6 Å². The van der Waals surface area contributed by atoms with Crippen molar-refractivity contribution in [1.82, 2.24) is 15.1 Å². The number of hydrogen-bond acceptors (Lipinski definition) is 5. The van der Waals surface area contributed by atoms with Crippen LogP contribution in [-0.2, 0) is 14.3 Å². The quantitative estimate of drug-likeness (QED) is 0.565. The number of likely N-dealkylation sites (tertiary alicyclic amines) is 1. The lowest BCUT2D eigenvalue weighted by atomic mass is 9.88. The lowest BCUT2D eigenvalue weighted by Crippen LogP contribution is -2.50. The fourth-order valence-corrected chi connectivity index (χ4v) is 6.03. The normalized spacial score (nSPS) is 31.8. The second-order valence-electron chi connectivity index (χ2n) is 10.8. The van der Waals surface area contributed by atoms with E-state index < -0.39 is 0 Å². The first-order valence-corrected chi connectivity index (χ1v) is 13.1. The molecule has 3 aliphatic carbocycles. The average Bonchev–Trinajstić information content (AvgIpc) is 3.56. The van der Waals surface area contributed by atoms with Gasteiger partial charge in [-0.3, -0.25) is 14.5 Å². The molecule has 3 saturated carbocycles. The van der Waals surface area contributed by atoms with Crippen LogP contribution in [0.2, 0.25) is 0 Å². The molecule has 0 radical (unpaired) electrons. The maximum atomic E-state index is 13.3. The van der Waals surface area contributed by atoms with Gasteiger partial charge in [-0.15, -0.1) is 0 Å². The van der Waals surface area contributed by atoms with Gasteiger partial charge in [0.05, 0.1) is 6.61 Å². The van der Waals surface area contributed by atoms with Gasteiger partial charge >= 0.3 is 0 Å². The Morgan fingerprint density at radius 3 is 2.41 bits per heavy atom. The number of nitrogens with two attached hydrogens (primary N) is 1. The molecule has 2 unspecified atom stereocenters. The standard InChI is InChI=1S/C25H44N4O3/c1-32-14-13-28(16-18-5-3-2-4-6-18)22-15-23(29(17-22)25(31)19-7-8-19)24(30)27-21-11-9-20(26)10-12-21/h18-23H,2-17,26H2,1H3,(H,27,30). The molecular weight excluding hydrogens is 404 g/mol. The van der Waals surface area contributed by atoms with Gasteiger partial charge in [0.2, 0.25) is 11.8 Å². The molecule has 4 rings (SSSR count). The molecule has 0 bridgehead atoms. The molecule has 2 amide bonds. The molecule has 182 valence electrons. The molecule has 0 aromatic carbocycles. The van der Waals surface area contributed by atoms with Crippen LogP contribution in [0.1, 0.15) is 77.0 Å². The minimum Gasteiger partial charge on any atom is -0.383 e.